The highest BCUT2D eigenvalue weighted by Crippen LogP contribution is 2.42. The monoisotopic (exact) mass is 607 g/mol. The minimum atomic E-state index is -4.75. The zero-order valence-corrected chi connectivity index (χ0v) is 22.5. The molecule has 0 aliphatic heterocycles. The lowest BCUT2D eigenvalue weighted by atomic mass is 9.92. The van der Waals surface area contributed by atoms with Gasteiger partial charge in [-0.1, -0.05) is 60.7 Å². The summed E-state index contributed by atoms with van der Waals surface area (Å²) >= 11 is 0. The van der Waals surface area contributed by atoms with Crippen LogP contribution in [-0.2, 0) is 20.9 Å². The fraction of sp³-hybridized carbons (Fsp3) is 0.241. The molecule has 4 aromatic rings. The van der Waals surface area contributed by atoms with Crippen LogP contribution in [0.15, 0.2) is 90.0 Å². The Kier molecular flexibility index (Phi) is 7.99. The van der Waals surface area contributed by atoms with Gasteiger partial charge in [-0.05, 0) is 54.5 Å². The van der Waals surface area contributed by atoms with Crippen LogP contribution < -0.4 is 4.72 Å². The molecule has 1 aliphatic carbocycles. The maximum Gasteiger partial charge on any atom is 0.522 e. The number of sulfonamides is 1. The van der Waals surface area contributed by atoms with Gasteiger partial charge < -0.3 is 0 Å². The van der Waals surface area contributed by atoms with E-state index in [2.05, 4.69) is 19.4 Å². The Bertz CT molecular complexity index is 1680. The Morgan fingerprint density at radius 2 is 1.55 bits per heavy atom. The minimum Gasteiger partial charge on any atom is -0.289 e. The maximum atomic E-state index is 14.0. The van der Waals surface area contributed by atoms with E-state index < -0.39 is 40.2 Å². The summed E-state index contributed by atoms with van der Waals surface area (Å²) in [4.78, 5) is 8.24. The van der Waals surface area contributed by atoms with Crippen molar-refractivity contribution in [1.29, 1.82) is 0 Å². The minimum absolute atomic E-state index is 0.0908. The van der Waals surface area contributed by atoms with Gasteiger partial charge in [-0.2, -0.15) is 13.2 Å². The van der Waals surface area contributed by atoms with Crippen LogP contribution in [0.25, 0.3) is 22.4 Å². The first-order chi connectivity index (χ1) is 19.8. The van der Waals surface area contributed by atoms with E-state index in [1.54, 1.807) is 30.3 Å². The van der Waals surface area contributed by atoms with E-state index >= 15 is 0 Å². The van der Waals surface area contributed by atoms with E-state index in [0.717, 1.165) is 6.07 Å². The molecule has 0 radical (unpaired) electrons. The third kappa shape index (κ3) is 6.73. The van der Waals surface area contributed by atoms with Gasteiger partial charge in [-0.25, -0.2) is 23.1 Å². The molecule has 6 nitrogen and oxygen atoms in total. The number of rotatable bonds is 7. The van der Waals surface area contributed by atoms with E-state index in [1.165, 1.54) is 48.7 Å². The quantitative estimate of drug-likeness (QED) is 0.217. The van der Waals surface area contributed by atoms with Crippen LogP contribution in [0.3, 0.4) is 0 Å². The zero-order valence-electron chi connectivity index (χ0n) is 21.7. The van der Waals surface area contributed by atoms with Gasteiger partial charge in [0.25, 0.3) is 10.0 Å². The SMILES string of the molecule is O=S(=O)(Nc1ncc(-c2cccc([C@H]3CC[C@H](OC(F)(F)F)C3)c2)c(-c2ccccc2C(F)(F)F)n1)c1ccccc1. The average molecular weight is 608 g/mol. The lowest BCUT2D eigenvalue weighted by Gasteiger charge is -2.18. The van der Waals surface area contributed by atoms with Crippen LogP contribution in [0.1, 0.15) is 36.3 Å². The molecule has 0 amide bonds. The highest BCUT2D eigenvalue weighted by atomic mass is 32.2. The normalized spacial score (nSPS) is 17.8. The molecule has 2 atom stereocenters. The number of nitrogens with one attached hydrogen (secondary N) is 1. The molecule has 1 fully saturated rings. The van der Waals surface area contributed by atoms with Crippen molar-refractivity contribution in [2.24, 2.45) is 0 Å². The van der Waals surface area contributed by atoms with Crippen LogP contribution in [-0.4, -0.2) is 30.9 Å². The van der Waals surface area contributed by atoms with Gasteiger partial charge in [-0.3, -0.25) is 4.74 Å². The lowest BCUT2D eigenvalue weighted by Crippen LogP contribution is -2.21. The second-order valence-electron chi connectivity index (χ2n) is 9.74. The molecule has 0 bridgehead atoms. The van der Waals surface area contributed by atoms with Crippen molar-refractivity contribution in [2.75, 3.05) is 4.72 Å². The van der Waals surface area contributed by atoms with E-state index in [9.17, 15) is 34.8 Å². The van der Waals surface area contributed by atoms with E-state index in [1.807, 2.05) is 0 Å². The van der Waals surface area contributed by atoms with Crippen LogP contribution in [0.5, 0.6) is 0 Å². The van der Waals surface area contributed by atoms with Gasteiger partial charge in [0, 0.05) is 17.3 Å². The predicted octanol–water partition coefficient (Wildman–Crippen LogP) is 7.80. The molecule has 5 rings (SSSR count). The van der Waals surface area contributed by atoms with Gasteiger partial charge in [0.15, 0.2) is 0 Å². The van der Waals surface area contributed by atoms with Gasteiger partial charge in [0.1, 0.15) is 0 Å². The average Bonchev–Trinajstić information content (AvgIpc) is 3.40. The van der Waals surface area contributed by atoms with E-state index in [4.69, 9.17) is 0 Å². The highest BCUT2D eigenvalue weighted by molar-refractivity contribution is 7.92. The Balaban J connectivity index is 1.57. The van der Waals surface area contributed by atoms with E-state index in [0.29, 0.717) is 17.5 Å². The molecule has 1 N–H and O–H groups in total. The van der Waals surface area contributed by atoms with Crippen molar-refractivity contribution < 1.29 is 39.5 Å². The number of alkyl halides is 6. The van der Waals surface area contributed by atoms with Gasteiger partial charge in [0.2, 0.25) is 5.95 Å². The van der Waals surface area contributed by atoms with Crippen molar-refractivity contribution in [2.45, 2.75) is 48.7 Å². The molecule has 0 unspecified atom stereocenters. The molecule has 1 aliphatic rings. The van der Waals surface area contributed by atoms with Gasteiger partial charge in [-0.15, -0.1) is 13.2 Å². The lowest BCUT2D eigenvalue weighted by molar-refractivity contribution is -0.341. The third-order valence-corrected chi connectivity index (χ3v) is 8.25. The Hall–Kier alpha value is -3.97. The first-order valence-corrected chi connectivity index (χ1v) is 14.2. The number of halogens is 6. The van der Waals surface area contributed by atoms with Crippen molar-refractivity contribution >= 4 is 16.0 Å². The number of hydrogen-bond donors (Lipinski definition) is 1. The molecule has 1 aromatic heterocycles. The molecule has 3 aromatic carbocycles. The smallest absolute Gasteiger partial charge is 0.289 e. The largest absolute Gasteiger partial charge is 0.522 e. The predicted molar refractivity (Wildman–Crippen MR) is 143 cm³/mol. The summed E-state index contributed by atoms with van der Waals surface area (Å²) in [7, 11) is -4.15. The van der Waals surface area contributed by atoms with E-state index in [-0.39, 0.29) is 40.5 Å². The fourth-order valence-electron chi connectivity index (χ4n) is 5.06. The number of nitrogens with zero attached hydrogens (tertiary/aromatic N) is 2. The fourth-order valence-corrected chi connectivity index (χ4v) is 6.03. The molecule has 0 spiro atoms. The Labute approximate surface area is 237 Å². The topological polar surface area (TPSA) is 81.2 Å². The summed E-state index contributed by atoms with van der Waals surface area (Å²) < 4.78 is 112. The molecular weight excluding hydrogens is 584 g/mol. The standard InChI is InChI=1S/C29H23F6N3O3S/c30-28(31,32)25-12-5-4-11-23(25)26-24(17-36-27(37-26)38-42(39,40)22-9-2-1-3-10-22)20-8-6-7-18(15-20)19-13-14-21(16-19)41-29(33,34)35/h1-12,15,17,19,21H,13-14,16H2,(H,36,37,38)/t19-,21-/m0/s1. The summed E-state index contributed by atoms with van der Waals surface area (Å²) in [6.45, 7) is 0. The third-order valence-electron chi connectivity index (χ3n) is 6.91. The first-order valence-electron chi connectivity index (χ1n) is 12.8. The molecule has 0 saturated heterocycles. The summed E-state index contributed by atoms with van der Waals surface area (Å²) in [5, 5.41) is 0. The maximum absolute atomic E-state index is 14.0. The summed E-state index contributed by atoms with van der Waals surface area (Å²) in [5.74, 6) is -0.699. The van der Waals surface area contributed by atoms with Crippen molar-refractivity contribution in [1.82, 2.24) is 9.97 Å². The van der Waals surface area contributed by atoms with Gasteiger partial charge >= 0.3 is 12.5 Å². The molecular formula is C29H23F6N3O3S. The first kappa shape index (κ1) is 29.5. The van der Waals surface area contributed by atoms with Crippen molar-refractivity contribution in [3.63, 3.8) is 0 Å². The number of hydrogen-bond acceptors (Lipinski definition) is 5. The summed E-state index contributed by atoms with van der Waals surface area (Å²) in [5.41, 5.74) is -0.182. The molecule has 1 heterocycles. The van der Waals surface area contributed by atoms with Gasteiger partial charge in [0.05, 0.1) is 22.3 Å². The van der Waals surface area contributed by atoms with Crippen LogP contribution >= 0.6 is 0 Å². The zero-order chi connectivity index (χ0) is 30.1. The second-order valence-corrected chi connectivity index (χ2v) is 11.4. The Morgan fingerprint density at radius 3 is 2.26 bits per heavy atom. The molecule has 220 valence electrons. The highest BCUT2D eigenvalue weighted by Gasteiger charge is 2.38. The second kappa shape index (κ2) is 11.4. The number of anilines is 1. The number of benzene rings is 3. The van der Waals surface area contributed by atoms with Crippen LogP contribution in [0.4, 0.5) is 32.3 Å². The molecule has 13 heteroatoms. The van der Waals surface area contributed by atoms with Crippen LogP contribution in [0.2, 0.25) is 0 Å². The van der Waals surface area contributed by atoms with Crippen molar-refractivity contribution in [3.8, 4) is 22.4 Å². The summed E-state index contributed by atoms with van der Waals surface area (Å²) in [6.07, 6.45) is -8.49. The van der Waals surface area contributed by atoms with Crippen LogP contribution in [0, 0.1) is 0 Å². The molecule has 1 saturated carbocycles. The number of ether oxygens (including phenoxy) is 1. The number of aromatic nitrogens is 2. The summed E-state index contributed by atoms with van der Waals surface area (Å²) in [6, 6.07) is 18.8. The Morgan fingerprint density at radius 1 is 0.833 bits per heavy atom. The molecule has 42 heavy (non-hydrogen) atoms. The van der Waals surface area contributed by atoms with Crippen molar-refractivity contribution in [3.05, 3.63) is 96.2 Å².